The third-order valence-corrected chi connectivity index (χ3v) is 3.62. The Bertz CT molecular complexity index is 403. The van der Waals surface area contributed by atoms with Crippen molar-refractivity contribution in [2.75, 3.05) is 20.3 Å². The van der Waals surface area contributed by atoms with Crippen LogP contribution in [0, 0.1) is 0 Å². The van der Waals surface area contributed by atoms with Crippen LogP contribution < -0.4 is 14.8 Å². The number of ether oxygens (including phenoxy) is 2. The Morgan fingerprint density at radius 2 is 1.85 bits per heavy atom. The lowest BCUT2D eigenvalue weighted by Gasteiger charge is -2.25. The molecular formula is C16H27NO3. The Balaban J connectivity index is 2.80. The fourth-order valence-electron chi connectivity index (χ4n) is 1.88. The molecule has 0 saturated carbocycles. The van der Waals surface area contributed by atoms with Crippen LogP contribution in [-0.4, -0.2) is 31.0 Å². The first kappa shape index (κ1) is 16.8. The minimum absolute atomic E-state index is 0.279. The fraction of sp³-hybridized carbons (Fsp3) is 0.625. The van der Waals surface area contributed by atoms with E-state index in [4.69, 9.17) is 9.47 Å². The van der Waals surface area contributed by atoms with Crippen LogP contribution in [0.5, 0.6) is 11.5 Å². The van der Waals surface area contributed by atoms with Crippen molar-refractivity contribution in [3.05, 3.63) is 23.8 Å². The topological polar surface area (TPSA) is 50.7 Å². The standard InChI is InChI=1S/C16H27NO3/c1-5-16(18,6-2)12-20-15-10-13(11-17-7-3)8-9-14(15)19-4/h8-10,17-18H,5-7,11-12H2,1-4H3. The van der Waals surface area contributed by atoms with Crippen molar-refractivity contribution in [2.45, 2.75) is 45.8 Å². The van der Waals surface area contributed by atoms with E-state index in [1.54, 1.807) is 7.11 Å². The SMILES string of the molecule is CCNCc1ccc(OC)c(OCC(O)(CC)CC)c1. The van der Waals surface area contributed by atoms with E-state index in [0.29, 0.717) is 24.3 Å². The molecule has 0 heterocycles. The van der Waals surface area contributed by atoms with Crippen molar-refractivity contribution < 1.29 is 14.6 Å². The Hall–Kier alpha value is -1.26. The summed E-state index contributed by atoms with van der Waals surface area (Å²) in [7, 11) is 1.62. The molecule has 0 bridgehead atoms. The molecule has 1 aromatic carbocycles. The average Bonchev–Trinajstić information content (AvgIpc) is 2.50. The lowest BCUT2D eigenvalue weighted by atomic mass is 9.99. The van der Waals surface area contributed by atoms with Crippen molar-refractivity contribution in [3.8, 4) is 11.5 Å². The number of benzene rings is 1. The second-order valence-electron chi connectivity index (χ2n) is 4.99. The van der Waals surface area contributed by atoms with E-state index in [1.165, 1.54) is 0 Å². The van der Waals surface area contributed by atoms with Gasteiger partial charge in [0.25, 0.3) is 0 Å². The van der Waals surface area contributed by atoms with Gasteiger partial charge in [-0.05, 0) is 37.1 Å². The van der Waals surface area contributed by atoms with Crippen molar-refractivity contribution in [3.63, 3.8) is 0 Å². The molecule has 1 aromatic rings. The molecule has 0 aromatic heterocycles. The number of aliphatic hydroxyl groups is 1. The van der Waals surface area contributed by atoms with Gasteiger partial charge < -0.3 is 19.9 Å². The summed E-state index contributed by atoms with van der Waals surface area (Å²) in [6.07, 6.45) is 1.34. The van der Waals surface area contributed by atoms with Crippen LogP contribution >= 0.6 is 0 Å². The van der Waals surface area contributed by atoms with E-state index < -0.39 is 5.60 Å². The molecule has 0 atom stereocenters. The minimum Gasteiger partial charge on any atom is -0.493 e. The highest BCUT2D eigenvalue weighted by Gasteiger charge is 2.23. The summed E-state index contributed by atoms with van der Waals surface area (Å²) < 4.78 is 11.1. The highest BCUT2D eigenvalue weighted by molar-refractivity contribution is 5.43. The monoisotopic (exact) mass is 281 g/mol. The van der Waals surface area contributed by atoms with Gasteiger partial charge in [0.2, 0.25) is 0 Å². The molecule has 0 saturated heterocycles. The summed E-state index contributed by atoms with van der Waals surface area (Å²) in [6, 6.07) is 5.88. The highest BCUT2D eigenvalue weighted by Crippen LogP contribution is 2.29. The number of hydrogen-bond donors (Lipinski definition) is 2. The predicted molar refractivity (Wildman–Crippen MR) is 81.4 cm³/mol. The quantitative estimate of drug-likeness (QED) is 0.731. The highest BCUT2D eigenvalue weighted by atomic mass is 16.5. The number of rotatable bonds is 9. The molecule has 1 rings (SSSR count). The molecular weight excluding hydrogens is 254 g/mol. The molecule has 0 aliphatic carbocycles. The minimum atomic E-state index is -0.775. The Morgan fingerprint density at radius 3 is 2.40 bits per heavy atom. The zero-order valence-corrected chi connectivity index (χ0v) is 13.0. The maximum absolute atomic E-state index is 10.3. The first-order valence-electron chi connectivity index (χ1n) is 7.31. The van der Waals surface area contributed by atoms with Crippen LogP contribution in [0.2, 0.25) is 0 Å². The lowest BCUT2D eigenvalue weighted by molar-refractivity contribution is -0.0119. The molecule has 114 valence electrons. The van der Waals surface area contributed by atoms with Gasteiger partial charge in [-0.25, -0.2) is 0 Å². The summed E-state index contributed by atoms with van der Waals surface area (Å²) in [5.74, 6) is 1.38. The molecule has 0 radical (unpaired) electrons. The summed E-state index contributed by atoms with van der Waals surface area (Å²) in [6.45, 7) is 8.00. The van der Waals surface area contributed by atoms with Crippen LogP contribution in [0.3, 0.4) is 0 Å². The molecule has 0 unspecified atom stereocenters. The van der Waals surface area contributed by atoms with Crippen LogP contribution in [0.25, 0.3) is 0 Å². The summed E-state index contributed by atoms with van der Waals surface area (Å²) in [5.41, 5.74) is 0.363. The Labute approximate surface area is 122 Å². The first-order valence-corrected chi connectivity index (χ1v) is 7.31. The van der Waals surface area contributed by atoms with Gasteiger partial charge >= 0.3 is 0 Å². The van der Waals surface area contributed by atoms with Crippen LogP contribution in [0.1, 0.15) is 39.2 Å². The average molecular weight is 281 g/mol. The number of hydrogen-bond acceptors (Lipinski definition) is 4. The first-order chi connectivity index (χ1) is 9.58. The summed E-state index contributed by atoms with van der Waals surface area (Å²) >= 11 is 0. The van der Waals surface area contributed by atoms with E-state index >= 15 is 0 Å². The smallest absolute Gasteiger partial charge is 0.161 e. The molecule has 0 aliphatic rings. The van der Waals surface area contributed by atoms with Crippen LogP contribution in [0.15, 0.2) is 18.2 Å². The fourth-order valence-corrected chi connectivity index (χ4v) is 1.88. The predicted octanol–water partition coefficient (Wildman–Crippen LogP) is 2.73. The van der Waals surface area contributed by atoms with Gasteiger partial charge in [-0.15, -0.1) is 0 Å². The van der Waals surface area contributed by atoms with E-state index in [2.05, 4.69) is 12.2 Å². The van der Waals surface area contributed by atoms with E-state index in [9.17, 15) is 5.11 Å². The van der Waals surface area contributed by atoms with Gasteiger partial charge in [0, 0.05) is 6.54 Å². The van der Waals surface area contributed by atoms with E-state index in [-0.39, 0.29) is 6.61 Å². The zero-order valence-electron chi connectivity index (χ0n) is 13.0. The van der Waals surface area contributed by atoms with Gasteiger partial charge in [0.1, 0.15) is 6.61 Å². The van der Waals surface area contributed by atoms with Crippen LogP contribution in [0.4, 0.5) is 0 Å². The van der Waals surface area contributed by atoms with Crippen molar-refractivity contribution in [2.24, 2.45) is 0 Å². The molecule has 0 fully saturated rings. The van der Waals surface area contributed by atoms with Gasteiger partial charge in [0.15, 0.2) is 11.5 Å². The third kappa shape index (κ3) is 4.69. The van der Waals surface area contributed by atoms with Crippen LogP contribution in [-0.2, 0) is 6.54 Å². The second-order valence-corrected chi connectivity index (χ2v) is 4.99. The number of methoxy groups -OCH3 is 1. The largest absolute Gasteiger partial charge is 0.493 e. The van der Waals surface area contributed by atoms with Gasteiger partial charge in [-0.3, -0.25) is 0 Å². The maximum Gasteiger partial charge on any atom is 0.161 e. The lowest BCUT2D eigenvalue weighted by Crippen LogP contribution is -2.34. The normalized spacial score (nSPS) is 11.4. The van der Waals surface area contributed by atoms with Gasteiger partial charge in [0.05, 0.1) is 12.7 Å². The second kappa shape index (κ2) is 8.12. The third-order valence-electron chi connectivity index (χ3n) is 3.62. The summed E-state index contributed by atoms with van der Waals surface area (Å²) in [4.78, 5) is 0. The van der Waals surface area contributed by atoms with Gasteiger partial charge in [-0.1, -0.05) is 26.8 Å². The zero-order chi connectivity index (χ0) is 15.0. The van der Waals surface area contributed by atoms with Crippen molar-refractivity contribution >= 4 is 0 Å². The van der Waals surface area contributed by atoms with Gasteiger partial charge in [-0.2, -0.15) is 0 Å². The molecule has 4 heteroatoms. The Kier molecular flexibility index (Phi) is 6.82. The Morgan fingerprint density at radius 1 is 1.15 bits per heavy atom. The maximum atomic E-state index is 10.3. The van der Waals surface area contributed by atoms with Crippen molar-refractivity contribution in [1.82, 2.24) is 5.32 Å². The molecule has 0 amide bonds. The molecule has 2 N–H and O–H groups in total. The molecule has 0 spiro atoms. The molecule has 20 heavy (non-hydrogen) atoms. The van der Waals surface area contributed by atoms with E-state index in [1.807, 2.05) is 32.0 Å². The number of nitrogens with one attached hydrogen (secondary N) is 1. The summed E-state index contributed by atoms with van der Waals surface area (Å²) in [5, 5.41) is 13.6. The molecule has 0 aliphatic heterocycles. The molecule has 4 nitrogen and oxygen atoms in total. The van der Waals surface area contributed by atoms with E-state index in [0.717, 1.165) is 18.7 Å². The van der Waals surface area contributed by atoms with Crippen molar-refractivity contribution in [1.29, 1.82) is 0 Å².